The van der Waals surface area contributed by atoms with Crippen LogP contribution in [0.3, 0.4) is 0 Å². The second-order valence-corrected chi connectivity index (χ2v) is 6.69. The highest BCUT2D eigenvalue weighted by atomic mass is 35.5. The molecule has 8 heteroatoms. The first kappa shape index (κ1) is 19.6. The smallest absolute Gasteiger partial charge is 0.244 e. The highest BCUT2D eigenvalue weighted by Crippen LogP contribution is 2.20. The zero-order valence-corrected chi connectivity index (χ0v) is 16.4. The van der Waals surface area contributed by atoms with Gasteiger partial charge in [-0.3, -0.25) is 9.20 Å². The monoisotopic (exact) mass is 422 g/mol. The molecule has 1 amide bonds. The van der Waals surface area contributed by atoms with Gasteiger partial charge in [-0.1, -0.05) is 29.8 Å². The summed E-state index contributed by atoms with van der Waals surface area (Å²) in [5, 5.41) is 3.10. The second-order valence-electron chi connectivity index (χ2n) is 6.33. The highest BCUT2D eigenvalue weighted by Gasteiger charge is 2.07. The number of benzene rings is 1. The van der Waals surface area contributed by atoms with Crippen LogP contribution in [0.25, 0.3) is 11.7 Å². The Morgan fingerprint density at radius 2 is 2.10 bits per heavy atom. The summed E-state index contributed by atoms with van der Waals surface area (Å²) in [4.78, 5) is 20.6. The normalized spacial score (nSPS) is 11.1. The van der Waals surface area contributed by atoms with Crippen LogP contribution in [0.4, 0.5) is 4.39 Å². The summed E-state index contributed by atoms with van der Waals surface area (Å²) in [5.41, 5.74) is 2.12. The summed E-state index contributed by atoms with van der Waals surface area (Å²) in [6.45, 7) is 0.289. The molecule has 3 heterocycles. The Bertz CT molecular complexity index is 1220. The minimum atomic E-state index is -0.384. The lowest BCUT2D eigenvalue weighted by Crippen LogP contribution is -2.20. The summed E-state index contributed by atoms with van der Waals surface area (Å²) in [6, 6.07) is 14.8. The maximum Gasteiger partial charge on any atom is 0.244 e. The molecule has 150 valence electrons. The first-order valence-electron chi connectivity index (χ1n) is 9.05. The summed E-state index contributed by atoms with van der Waals surface area (Å²) >= 11 is 6.15. The van der Waals surface area contributed by atoms with Gasteiger partial charge < -0.3 is 10.1 Å². The summed E-state index contributed by atoms with van der Waals surface area (Å²) < 4.78 is 20.5. The lowest BCUT2D eigenvalue weighted by atomic mass is 10.3. The molecule has 1 aromatic carbocycles. The van der Waals surface area contributed by atoms with Gasteiger partial charge in [0.05, 0.1) is 5.69 Å². The molecule has 1 N–H and O–H groups in total. The van der Waals surface area contributed by atoms with E-state index in [1.807, 2.05) is 24.4 Å². The van der Waals surface area contributed by atoms with E-state index in [9.17, 15) is 9.18 Å². The van der Waals surface area contributed by atoms with E-state index in [-0.39, 0.29) is 18.3 Å². The molecule has 30 heavy (non-hydrogen) atoms. The van der Waals surface area contributed by atoms with Crippen molar-refractivity contribution in [3.8, 4) is 11.6 Å². The maximum absolute atomic E-state index is 13.2. The first-order valence-corrected chi connectivity index (χ1v) is 9.43. The van der Waals surface area contributed by atoms with Crippen molar-refractivity contribution < 1.29 is 13.9 Å². The molecule has 0 aliphatic carbocycles. The highest BCUT2D eigenvalue weighted by molar-refractivity contribution is 6.31. The molecule has 4 rings (SSSR count). The third-order valence-corrected chi connectivity index (χ3v) is 4.48. The van der Waals surface area contributed by atoms with Crippen molar-refractivity contribution in [3.05, 3.63) is 95.3 Å². The zero-order chi connectivity index (χ0) is 20.9. The number of halogens is 2. The molecule has 0 aliphatic heterocycles. The Labute approximate surface area is 176 Å². The molecule has 3 aromatic heterocycles. The van der Waals surface area contributed by atoms with Crippen molar-refractivity contribution in [3.63, 3.8) is 0 Å². The molecule has 6 nitrogen and oxygen atoms in total. The van der Waals surface area contributed by atoms with Crippen molar-refractivity contribution in [1.29, 1.82) is 0 Å². The number of fused-ring (bicyclic) bond motifs is 1. The molecular weight excluding hydrogens is 407 g/mol. The molecule has 0 bridgehead atoms. The van der Waals surface area contributed by atoms with Gasteiger partial charge in [0.2, 0.25) is 11.8 Å². The number of imidazole rings is 1. The van der Waals surface area contributed by atoms with Crippen molar-refractivity contribution >= 4 is 29.2 Å². The van der Waals surface area contributed by atoms with Gasteiger partial charge in [0, 0.05) is 37.1 Å². The van der Waals surface area contributed by atoms with E-state index in [1.165, 1.54) is 18.2 Å². The minimum absolute atomic E-state index is 0.281. The third kappa shape index (κ3) is 4.64. The zero-order valence-electron chi connectivity index (χ0n) is 15.6. The molecular formula is C22H16ClFN4O2. The summed E-state index contributed by atoms with van der Waals surface area (Å²) in [6.07, 6.45) is 6.42. The van der Waals surface area contributed by atoms with Gasteiger partial charge >= 0.3 is 0 Å². The Kier molecular flexibility index (Phi) is 5.72. The van der Waals surface area contributed by atoms with E-state index in [1.54, 1.807) is 40.9 Å². The number of carbonyl (C=O) groups excluding carboxylic acids is 1. The van der Waals surface area contributed by atoms with Crippen molar-refractivity contribution in [2.45, 2.75) is 6.54 Å². The van der Waals surface area contributed by atoms with Crippen LogP contribution >= 0.6 is 11.6 Å². The summed E-state index contributed by atoms with van der Waals surface area (Å²) in [5.74, 6) is 0.0275. The van der Waals surface area contributed by atoms with Crippen LogP contribution in [0.15, 0.2) is 73.1 Å². The fourth-order valence-corrected chi connectivity index (χ4v) is 3.01. The predicted molar refractivity (Wildman–Crippen MR) is 112 cm³/mol. The van der Waals surface area contributed by atoms with Crippen molar-refractivity contribution in [2.75, 3.05) is 0 Å². The average molecular weight is 423 g/mol. The van der Waals surface area contributed by atoms with Crippen molar-refractivity contribution in [2.24, 2.45) is 0 Å². The van der Waals surface area contributed by atoms with Crippen LogP contribution in [0.5, 0.6) is 11.6 Å². The van der Waals surface area contributed by atoms with Gasteiger partial charge in [-0.25, -0.2) is 14.4 Å². The fourth-order valence-electron chi connectivity index (χ4n) is 2.77. The summed E-state index contributed by atoms with van der Waals surface area (Å²) in [7, 11) is 0. The molecule has 0 fully saturated rings. The predicted octanol–water partition coefficient (Wildman–Crippen LogP) is 4.64. The molecule has 0 atom stereocenters. The van der Waals surface area contributed by atoms with Crippen LogP contribution in [0.1, 0.15) is 11.3 Å². The Morgan fingerprint density at radius 3 is 2.90 bits per heavy atom. The third-order valence-electron chi connectivity index (χ3n) is 4.20. The molecule has 0 aliphatic rings. The standard InChI is InChI=1S/C22H16ClFN4O2/c23-22-18(28-11-2-1-6-19(28)27-22)8-9-20(29)25-13-15-7-10-21(26-14-15)30-17-5-3-4-16(24)12-17/h1-12,14H,13H2,(H,25,29)/b9-8+. The number of hydrogen-bond acceptors (Lipinski definition) is 4. The van der Waals surface area contributed by atoms with Gasteiger partial charge in [-0.15, -0.1) is 0 Å². The number of pyridine rings is 2. The number of nitrogens with zero attached hydrogens (tertiary/aromatic N) is 3. The van der Waals surface area contributed by atoms with E-state index in [0.29, 0.717) is 28.1 Å². The number of rotatable bonds is 6. The maximum atomic E-state index is 13.2. The van der Waals surface area contributed by atoms with Gasteiger partial charge in [0.1, 0.15) is 17.2 Å². The van der Waals surface area contributed by atoms with Crippen molar-refractivity contribution in [1.82, 2.24) is 19.7 Å². The van der Waals surface area contributed by atoms with Crippen LogP contribution in [-0.4, -0.2) is 20.3 Å². The SMILES string of the molecule is O=C(/C=C/c1c(Cl)nc2ccccn12)NCc1ccc(Oc2cccc(F)c2)nc1. The molecule has 0 saturated heterocycles. The number of nitrogens with one attached hydrogen (secondary N) is 1. The van der Waals surface area contributed by atoms with Gasteiger partial charge in [-0.05, 0) is 35.9 Å². The molecule has 0 radical (unpaired) electrons. The number of hydrogen-bond donors (Lipinski definition) is 1. The minimum Gasteiger partial charge on any atom is -0.439 e. The van der Waals surface area contributed by atoms with E-state index in [0.717, 1.165) is 5.56 Å². The molecule has 4 aromatic rings. The second kappa shape index (κ2) is 8.75. The number of carbonyl (C=O) groups is 1. The van der Waals surface area contributed by atoms with Crippen LogP contribution in [0.2, 0.25) is 5.15 Å². The average Bonchev–Trinajstić information content (AvgIpc) is 3.07. The Morgan fingerprint density at radius 1 is 1.20 bits per heavy atom. The fraction of sp³-hybridized carbons (Fsp3) is 0.0455. The number of ether oxygens (including phenoxy) is 1. The lowest BCUT2D eigenvalue weighted by Gasteiger charge is -2.06. The largest absolute Gasteiger partial charge is 0.439 e. The number of amides is 1. The Balaban J connectivity index is 1.34. The van der Waals surface area contributed by atoms with Crippen LogP contribution < -0.4 is 10.1 Å². The topological polar surface area (TPSA) is 68.5 Å². The van der Waals surface area contributed by atoms with E-state index >= 15 is 0 Å². The van der Waals surface area contributed by atoms with Crippen LogP contribution in [0, 0.1) is 5.82 Å². The quantitative estimate of drug-likeness (QED) is 0.459. The van der Waals surface area contributed by atoms with Gasteiger partial charge in [0.15, 0.2) is 5.15 Å². The Hall–Kier alpha value is -3.71. The van der Waals surface area contributed by atoms with Gasteiger partial charge in [-0.2, -0.15) is 0 Å². The number of aromatic nitrogens is 3. The van der Waals surface area contributed by atoms with Crippen LogP contribution in [-0.2, 0) is 11.3 Å². The van der Waals surface area contributed by atoms with E-state index < -0.39 is 0 Å². The molecule has 0 saturated carbocycles. The molecule has 0 spiro atoms. The lowest BCUT2D eigenvalue weighted by molar-refractivity contribution is -0.116. The van der Waals surface area contributed by atoms with E-state index in [2.05, 4.69) is 15.3 Å². The van der Waals surface area contributed by atoms with Gasteiger partial charge in [0.25, 0.3) is 0 Å². The van der Waals surface area contributed by atoms with E-state index in [4.69, 9.17) is 16.3 Å². The molecule has 0 unspecified atom stereocenters. The first-order chi connectivity index (χ1) is 14.6.